The van der Waals surface area contributed by atoms with E-state index in [1.807, 2.05) is 42.5 Å². The number of aromatic nitrogens is 2. The first-order valence-corrected chi connectivity index (χ1v) is 8.70. The van der Waals surface area contributed by atoms with Gasteiger partial charge in [-0.3, -0.25) is 4.79 Å². The normalized spacial score (nSPS) is 10.4. The summed E-state index contributed by atoms with van der Waals surface area (Å²) in [5.74, 6) is 0.462. The van der Waals surface area contributed by atoms with Gasteiger partial charge in [-0.05, 0) is 42.0 Å². The van der Waals surface area contributed by atoms with Gasteiger partial charge in [0.05, 0.1) is 6.20 Å². The molecule has 0 saturated heterocycles. The van der Waals surface area contributed by atoms with Crippen LogP contribution in [0.3, 0.4) is 0 Å². The lowest BCUT2D eigenvalue weighted by Gasteiger charge is -2.05. The summed E-state index contributed by atoms with van der Waals surface area (Å²) in [7, 11) is 0. The molecule has 0 spiro atoms. The average Bonchev–Trinajstić information content (AvgIpc) is 3.01. The second-order valence-corrected chi connectivity index (χ2v) is 6.70. The molecule has 0 saturated carbocycles. The first-order valence-electron chi connectivity index (χ1n) is 7.34. The highest BCUT2D eigenvalue weighted by Crippen LogP contribution is 2.24. The van der Waals surface area contributed by atoms with Crippen LogP contribution in [0.5, 0.6) is 0 Å². The van der Waals surface area contributed by atoms with Gasteiger partial charge in [0.15, 0.2) is 0 Å². The van der Waals surface area contributed by atoms with Gasteiger partial charge in [0.2, 0.25) is 0 Å². The molecule has 0 radical (unpaired) electrons. The lowest BCUT2D eigenvalue weighted by Crippen LogP contribution is -2.16. The third-order valence-electron chi connectivity index (χ3n) is 3.54. The largest absolute Gasteiger partial charge is 0.382 e. The summed E-state index contributed by atoms with van der Waals surface area (Å²) in [4.78, 5) is 13.5. The van der Waals surface area contributed by atoms with Gasteiger partial charge in [-0.25, -0.2) is 0 Å². The van der Waals surface area contributed by atoms with Crippen LogP contribution < -0.4 is 5.73 Å². The Morgan fingerprint density at radius 3 is 2.48 bits per heavy atom. The number of nitrogens with two attached hydrogens (primary N) is 1. The van der Waals surface area contributed by atoms with Crippen LogP contribution in [-0.2, 0) is 5.75 Å². The lowest BCUT2D eigenvalue weighted by molar-refractivity contribution is 0.0948. The molecule has 1 heterocycles. The quantitative estimate of drug-likeness (QED) is 0.704. The van der Waals surface area contributed by atoms with E-state index in [1.54, 1.807) is 23.9 Å². The molecule has 3 rings (SSSR count). The molecule has 25 heavy (non-hydrogen) atoms. The fraction of sp³-hybridized carbons (Fsp3) is 0.0556. The molecule has 0 atom stereocenters. The van der Waals surface area contributed by atoms with Crippen molar-refractivity contribution in [1.82, 2.24) is 9.78 Å². The van der Waals surface area contributed by atoms with Crippen molar-refractivity contribution in [1.29, 1.82) is 5.26 Å². The predicted octanol–water partition coefficient (Wildman–Crippen LogP) is 3.97. The topological polar surface area (TPSA) is 84.7 Å². The molecule has 0 amide bonds. The van der Waals surface area contributed by atoms with Gasteiger partial charge in [0.25, 0.3) is 5.91 Å². The van der Waals surface area contributed by atoms with Crippen LogP contribution in [0, 0.1) is 11.3 Å². The maximum Gasteiger partial charge on any atom is 0.280 e. The predicted molar refractivity (Wildman–Crippen MR) is 98.5 cm³/mol. The van der Waals surface area contributed by atoms with Gasteiger partial charge in [-0.15, -0.1) is 11.8 Å². The molecule has 0 aliphatic heterocycles. The summed E-state index contributed by atoms with van der Waals surface area (Å²) in [6, 6.07) is 16.8. The van der Waals surface area contributed by atoms with E-state index in [9.17, 15) is 4.79 Å². The first kappa shape index (κ1) is 17.1. The third kappa shape index (κ3) is 3.85. The molecule has 0 bridgehead atoms. The third-order valence-corrected chi connectivity index (χ3v) is 4.87. The van der Waals surface area contributed by atoms with Crippen LogP contribution in [0.1, 0.15) is 21.5 Å². The highest BCUT2D eigenvalue weighted by atomic mass is 35.5. The molecular weight excluding hydrogens is 356 g/mol. The molecule has 1 aromatic heterocycles. The molecule has 0 fully saturated rings. The van der Waals surface area contributed by atoms with Gasteiger partial charge in [-0.2, -0.15) is 15.0 Å². The van der Waals surface area contributed by atoms with Gasteiger partial charge in [0.1, 0.15) is 17.5 Å². The number of anilines is 1. The van der Waals surface area contributed by atoms with Crippen LogP contribution in [-0.4, -0.2) is 15.7 Å². The fourth-order valence-electron chi connectivity index (χ4n) is 2.17. The second kappa shape index (κ2) is 7.43. The van der Waals surface area contributed by atoms with Crippen LogP contribution in [0.15, 0.2) is 59.6 Å². The summed E-state index contributed by atoms with van der Waals surface area (Å²) >= 11 is 7.56. The maximum atomic E-state index is 12.4. The smallest absolute Gasteiger partial charge is 0.280 e. The number of rotatable bonds is 4. The Kier molecular flexibility index (Phi) is 5.08. The minimum atomic E-state index is -0.365. The number of halogens is 1. The number of carbonyl (C=O) groups excluding carboxylic acids is 1. The Balaban J connectivity index is 1.69. The lowest BCUT2D eigenvalue weighted by atomic mass is 10.1. The monoisotopic (exact) mass is 368 g/mol. The number of nitriles is 1. The molecule has 2 N–H and O–H groups in total. The van der Waals surface area contributed by atoms with E-state index in [4.69, 9.17) is 22.6 Å². The van der Waals surface area contributed by atoms with E-state index >= 15 is 0 Å². The number of carbonyl (C=O) groups is 1. The van der Waals surface area contributed by atoms with Crippen molar-refractivity contribution in [3.05, 3.63) is 76.4 Å². The number of benzene rings is 2. The van der Waals surface area contributed by atoms with Gasteiger partial charge in [-0.1, -0.05) is 23.7 Å². The fourth-order valence-corrected chi connectivity index (χ4v) is 3.15. The van der Waals surface area contributed by atoms with E-state index < -0.39 is 0 Å². The van der Waals surface area contributed by atoms with E-state index in [2.05, 4.69) is 5.10 Å². The van der Waals surface area contributed by atoms with Crippen molar-refractivity contribution < 1.29 is 4.79 Å². The number of hydrogen-bond acceptors (Lipinski definition) is 5. The summed E-state index contributed by atoms with van der Waals surface area (Å²) in [5.41, 5.74) is 7.48. The molecule has 3 aromatic rings. The number of nitrogens with zero attached hydrogens (tertiary/aromatic N) is 3. The molecule has 2 aromatic carbocycles. The Labute approximate surface area is 154 Å². The average molecular weight is 369 g/mol. The molecule has 5 nitrogen and oxygen atoms in total. The Morgan fingerprint density at radius 2 is 1.88 bits per heavy atom. The van der Waals surface area contributed by atoms with Crippen molar-refractivity contribution in [2.24, 2.45) is 0 Å². The molecule has 124 valence electrons. The zero-order valence-corrected chi connectivity index (χ0v) is 14.6. The molecule has 0 aliphatic rings. The Bertz CT molecular complexity index is 943. The van der Waals surface area contributed by atoms with E-state index in [0.717, 1.165) is 20.9 Å². The SMILES string of the molecule is N#Cc1cnn(C(=O)c2ccc(CSc3ccc(Cl)cc3)cc2)c1N. The molecule has 0 aliphatic carbocycles. The number of hydrogen-bond donors (Lipinski definition) is 1. The van der Waals surface area contributed by atoms with Crippen LogP contribution >= 0.6 is 23.4 Å². The van der Waals surface area contributed by atoms with Crippen LogP contribution in [0.25, 0.3) is 0 Å². The summed E-state index contributed by atoms with van der Waals surface area (Å²) < 4.78 is 1.04. The van der Waals surface area contributed by atoms with E-state index in [0.29, 0.717) is 10.6 Å². The minimum absolute atomic E-state index is 0.0508. The molecule has 7 heteroatoms. The highest BCUT2D eigenvalue weighted by molar-refractivity contribution is 7.98. The van der Waals surface area contributed by atoms with Gasteiger partial charge >= 0.3 is 0 Å². The van der Waals surface area contributed by atoms with Crippen molar-refractivity contribution in [2.75, 3.05) is 5.73 Å². The van der Waals surface area contributed by atoms with Gasteiger partial charge < -0.3 is 5.73 Å². The van der Waals surface area contributed by atoms with Crippen molar-refractivity contribution in [2.45, 2.75) is 10.6 Å². The second-order valence-electron chi connectivity index (χ2n) is 5.21. The minimum Gasteiger partial charge on any atom is -0.382 e. The summed E-state index contributed by atoms with van der Waals surface area (Å²) in [5, 5.41) is 13.5. The van der Waals surface area contributed by atoms with Gasteiger partial charge in [0, 0.05) is 21.2 Å². The van der Waals surface area contributed by atoms with E-state index in [1.165, 1.54) is 6.20 Å². The highest BCUT2D eigenvalue weighted by Gasteiger charge is 2.15. The summed E-state index contributed by atoms with van der Waals surface area (Å²) in [6.07, 6.45) is 1.28. The Hall–Kier alpha value is -2.75. The molecular formula is C18H13ClN4OS. The van der Waals surface area contributed by atoms with Crippen LogP contribution in [0.2, 0.25) is 5.02 Å². The first-order chi connectivity index (χ1) is 12.1. The zero-order valence-electron chi connectivity index (χ0n) is 13.0. The van der Waals surface area contributed by atoms with Crippen molar-refractivity contribution in [3.63, 3.8) is 0 Å². The van der Waals surface area contributed by atoms with Crippen molar-refractivity contribution in [3.8, 4) is 6.07 Å². The maximum absolute atomic E-state index is 12.4. The number of thioether (sulfide) groups is 1. The molecule has 0 unspecified atom stereocenters. The Morgan fingerprint density at radius 1 is 1.20 bits per heavy atom. The van der Waals surface area contributed by atoms with Crippen LogP contribution in [0.4, 0.5) is 5.82 Å². The standard InChI is InChI=1S/C18H13ClN4OS/c19-15-5-7-16(8-6-15)25-11-12-1-3-13(4-2-12)18(24)23-17(21)14(9-20)10-22-23/h1-8,10H,11,21H2. The zero-order chi connectivity index (χ0) is 17.8. The summed E-state index contributed by atoms with van der Waals surface area (Å²) in [6.45, 7) is 0. The van der Waals surface area contributed by atoms with E-state index in [-0.39, 0.29) is 17.3 Å². The van der Waals surface area contributed by atoms with Crippen molar-refractivity contribution >= 4 is 35.1 Å². The number of nitrogen functional groups attached to an aromatic ring is 1.